The second-order valence-electron chi connectivity index (χ2n) is 4.02. The zero-order chi connectivity index (χ0) is 11.9. The first-order valence-electron chi connectivity index (χ1n) is 5.05. The molecule has 0 saturated heterocycles. The Bertz CT molecular complexity index is 456. The van der Waals surface area contributed by atoms with Gasteiger partial charge < -0.3 is 11.1 Å². The van der Waals surface area contributed by atoms with E-state index in [1.165, 1.54) is 6.92 Å². The predicted octanol–water partition coefficient (Wildman–Crippen LogP) is 2.20. The van der Waals surface area contributed by atoms with E-state index in [0.29, 0.717) is 0 Å². The van der Waals surface area contributed by atoms with Crippen molar-refractivity contribution in [2.75, 3.05) is 11.1 Å². The van der Waals surface area contributed by atoms with Crippen molar-refractivity contribution in [3.63, 3.8) is 0 Å². The van der Waals surface area contributed by atoms with Gasteiger partial charge in [-0.1, -0.05) is 0 Å². The third kappa shape index (κ3) is 1.85. The molecule has 0 atom stereocenters. The van der Waals surface area contributed by atoms with Crippen molar-refractivity contribution in [2.24, 2.45) is 5.92 Å². The van der Waals surface area contributed by atoms with Gasteiger partial charge in [-0.25, -0.2) is 8.78 Å². The number of halogens is 2. The van der Waals surface area contributed by atoms with Gasteiger partial charge in [-0.3, -0.25) is 4.79 Å². The maximum absolute atomic E-state index is 13.4. The number of anilines is 2. The third-order valence-corrected chi connectivity index (χ3v) is 2.69. The molecule has 1 aliphatic carbocycles. The Hall–Kier alpha value is -1.65. The van der Waals surface area contributed by atoms with Crippen molar-refractivity contribution in [3.05, 3.63) is 23.3 Å². The van der Waals surface area contributed by atoms with Gasteiger partial charge in [0.05, 0.1) is 11.4 Å². The summed E-state index contributed by atoms with van der Waals surface area (Å²) in [5.74, 6) is -1.79. The van der Waals surface area contributed by atoms with Crippen molar-refractivity contribution in [1.82, 2.24) is 0 Å². The van der Waals surface area contributed by atoms with Crippen molar-refractivity contribution < 1.29 is 13.6 Å². The Morgan fingerprint density at radius 2 is 2.12 bits per heavy atom. The molecule has 3 N–H and O–H groups in total. The van der Waals surface area contributed by atoms with E-state index in [1.807, 2.05) is 0 Å². The number of rotatable bonds is 2. The van der Waals surface area contributed by atoms with Gasteiger partial charge in [0, 0.05) is 11.5 Å². The van der Waals surface area contributed by atoms with Gasteiger partial charge in [0.15, 0.2) is 5.82 Å². The highest BCUT2D eigenvalue weighted by Crippen LogP contribution is 2.32. The molecule has 0 radical (unpaired) electrons. The highest BCUT2D eigenvalue weighted by atomic mass is 19.1. The highest BCUT2D eigenvalue weighted by molar-refractivity contribution is 5.96. The van der Waals surface area contributed by atoms with E-state index in [4.69, 9.17) is 5.73 Å². The van der Waals surface area contributed by atoms with Crippen LogP contribution in [0.25, 0.3) is 0 Å². The van der Waals surface area contributed by atoms with E-state index in [2.05, 4.69) is 5.32 Å². The molecule has 1 amide bonds. The molecule has 1 saturated carbocycles. The Morgan fingerprint density at radius 3 is 2.69 bits per heavy atom. The molecule has 1 aliphatic rings. The number of carbonyl (C=O) groups is 1. The average Bonchev–Trinajstić information content (AvgIpc) is 3.06. The second-order valence-corrected chi connectivity index (χ2v) is 4.02. The van der Waals surface area contributed by atoms with Crippen molar-refractivity contribution in [1.29, 1.82) is 0 Å². The maximum Gasteiger partial charge on any atom is 0.227 e. The van der Waals surface area contributed by atoms with Crippen LogP contribution in [0.15, 0.2) is 6.07 Å². The van der Waals surface area contributed by atoms with Crippen LogP contribution in [-0.2, 0) is 4.79 Å². The SMILES string of the molecule is Cc1c(F)cc(NC(=O)C2CC2)c(N)c1F. The highest BCUT2D eigenvalue weighted by Gasteiger charge is 2.30. The molecule has 16 heavy (non-hydrogen) atoms. The van der Waals surface area contributed by atoms with E-state index in [-0.39, 0.29) is 28.8 Å². The molecule has 0 bridgehead atoms. The molecule has 5 heteroatoms. The minimum absolute atomic E-state index is 0.0116. The molecular weight excluding hydrogens is 214 g/mol. The van der Waals surface area contributed by atoms with Crippen LogP contribution >= 0.6 is 0 Å². The van der Waals surface area contributed by atoms with Crippen LogP contribution in [0.3, 0.4) is 0 Å². The molecule has 0 aromatic heterocycles. The van der Waals surface area contributed by atoms with Crippen molar-refractivity contribution in [3.8, 4) is 0 Å². The number of nitrogen functional groups attached to an aromatic ring is 1. The van der Waals surface area contributed by atoms with Gasteiger partial charge in [0.1, 0.15) is 5.82 Å². The predicted molar refractivity (Wildman–Crippen MR) is 56.9 cm³/mol. The van der Waals surface area contributed by atoms with Gasteiger partial charge in [-0.15, -0.1) is 0 Å². The lowest BCUT2D eigenvalue weighted by Crippen LogP contribution is -2.15. The van der Waals surface area contributed by atoms with E-state index in [1.54, 1.807) is 0 Å². The maximum atomic E-state index is 13.4. The summed E-state index contributed by atoms with van der Waals surface area (Å²) in [6, 6.07) is 1.05. The van der Waals surface area contributed by atoms with E-state index in [0.717, 1.165) is 18.9 Å². The summed E-state index contributed by atoms with van der Waals surface area (Å²) in [5.41, 5.74) is 5.12. The quantitative estimate of drug-likeness (QED) is 0.759. The van der Waals surface area contributed by atoms with E-state index < -0.39 is 11.6 Å². The zero-order valence-electron chi connectivity index (χ0n) is 8.81. The molecule has 0 unspecified atom stereocenters. The number of carbonyl (C=O) groups excluding carboxylic acids is 1. The van der Waals surface area contributed by atoms with Gasteiger partial charge in [0.25, 0.3) is 0 Å². The molecule has 1 aromatic carbocycles. The Kier molecular flexibility index (Phi) is 2.53. The van der Waals surface area contributed by atoms with Crippen LogP contribution in [0.2, 0.25) is 0 Å². The van der Waals surface area contributed by atoms with Crippen molar-refractivity contribution in [2.45, 2.75) is 19.8 Å². The lowest BCUT2D eigenvalue weighted by Gasteiger charge is -2.10. The number of hydrogen-bond acceptors (Lipinski definition) is 2. The molecule has 1 aromatic rings. The van der Waals surface area contributed by atoms with Crippen LogP contribution in [0.4, 0.5) is 20.2 Å². The molecule has 3 nitrogen and oxygen atoms in total. The number of amides is 1. The average molecular weight is 226 g/mol. The first-order chi connectivity index (χ1) is 7.50. The smallest absolute Gasteiger partial charge is 0.227 e. The Labute approximate surface area is 91.6 Å². The monoisotopic (exact) mass is 226 g/mol. The summed E-state index contributed by atoms with van der Waals surface area (Å²) in [7, 11) is 0. The first kappa shape index (κ1) is 10.9. The van der Waals surface area contributed by atoms with Crippen LogP contribution in [0.1, 0.15) is 18.4 Å². The fourth-order valence-electron chi connectivity index (χ4n) is 1.42. The Morgan fingerprint density at radius 1 is 1.50 bits per heavy atom. The largest absolute Gasteiger partial charge is 0.395 e. The van der Waals surface area contributed by atoms with Gasteiger partial charge in [-0.2, -0.15) is 0 Å². The molecule has 86 valence electrons. The lowest BCUT2D eigenvalue weighted by molar-refractivity contribution is -0.117. The molecule has 2 rings (SSSR count). The Balaban J connectivity index is 2.29. The van der Waals surface area contributed by atoms with E-state index in [9.17, 15) is 13.6 Å². The standard InChI is InChI=1S/C11H12F2N2O/c1-5-7(12)4-8(10(14)9(5)13)15-11(16)6-2-3-6/h4,6H,2-3,14H2,1H3,(H,15,16). The van der Waals surface area contributed by atoms with Gasteiger partial charge in [0.2, 0.25) is 5.91 Å². The van der Waals surface area contributed by atoms with Crippen LogP contribution < -0.4 is 11.1 Å². The zero-order valence-corrected chi connectivity index (χ0v) is 8.81. The molecule has 0 spiro atoms. The molecule has 1 fully saturated rings. The number of hydrogen-bond donors (Lipinski definition) is 2. The summed E-state index contributed by atoms with van der Waals surface area (Å²) in [4.78, 5) is 11.4. The summed E-state index contributed by atoms with van der Waals surface area (Å²) >= 11 is 0. The molecule has 0 heterocycles. The van der Waals surface area contributed by atoms with Crippen LogP contribution in [-0.4, -0.2) is 5.91 Å². The number of benzene rings is 1. The normalized spacial score (nSPS) is 14.9. The molecular formula is C11H12F2N2O. The summed E-state index contributed by atoms with van der Waals surface area (Å²) in [6.07, 6.45) is 1.64. The summed E-state index contributed by atoms with van der Waals surface area (Å²) in [5, 5.41) is 2.44. The van der Waals surface area contributed by atoms with Crippen LogP contribution in [0.5, 0.6) is 0 Å². The number of nitrogens with one attached hydrogen (secondary N) is 1. The third-order valence-electron chi connectivity index (χ3n) is 2.69. The summed E-state index contributed by atoms with van der Waals surface area (Å²) in [6.45, 7) is 1.30. The fourth-order valence-corrected chi connectivity index (χ4v) is 1.42. The topological polar surface area (TPSA) is 55.1 Å². The lowest BCUT2D eigenvalue weighted by atomic mass is 10.1. The second kappa shape index (κ2) is 3.73. The first-order valence-corrected chi connectivity index (χ1v) is 5.05. The molecule has 0 aliphatic heterocycles. The summed E-state index contributed by atoms with van der Waals surface area (Å²) < 4.78 is 26.6. The minimum atomic E-state index is -0.814. The van der Waals surface area contributed by atoms with Crippen LogP contribution in [0, 0.1) is 24.5 Å². The van der Waals surface area contributed by atoms with E-state index >= 15 is 0 Å². The van der Waals surface area contributed by atoms with Gasteiger partial charge >= 0.3 is 0 Å². The minimum Gasteiger partial charge on any atom is -0.395 e. The fraction of sp³-hybridized carbons (Fsp3) is 0.364. The van der Waals surface area contributed by atoms with Gasteiger partial charge in [-0.05, 0) is 25.8 Å². The van der Waals surface area contributed by atoms with Crippen molar-refractivity contribution >= 4 is 17.3 Å². The number of nitrogens with two attached hydrogens (primary N) is 1.